The van der Waals surface area contributed by atoms with Gasteiger partial charge < -0.3 is 0 Å². The van der Waals surface area contributed by atoms with E-state index in [1.54, 1.807) is 0 Å². The minimum atomic E-state index is -1.25. The minimum Gasteiger partial charge on any atom is -0.0656 e. The topological polar surface area (TPSA) is 0 Å². The van der Waals surface area contributed by atoms with E-state index in [1.165, 1.54) is 38.2 Å². The lowest BCUT2D eigenvalue weighted by Gasteiger charge is -2.18. The van der Waals surface area contributed by atoms with Crippen LogP contribution in [0.2, 0.25) is 39.3 Å². The van der Waals surface area contributed by atoms with Gasteiger partial charge in [-0.2, -0.15) is 0 Å². The molecule has 2 heteroatoms. The average Bonchev–Trinajstić information content (AvgIpc) is 2.60. The van der Waals surface area contributed by atoms with Crippen molar-refractivity contribution in [3.05, 3.63) is 72.3 Å². The second kappa shape index (κ2) is 7.25. The molecule has 0 saturated carbocycles. The number of aryl methyl sites for hydroxylation is 1. The third-order valence-electron chi connectivity index (χ3n) is 5.25. The third-order valence-corrected chi connectivity index (χ3v) is 9.38. The molecule has 0 atom stereocenters. The van der Waals surface area contributed by atoms with Gasteiger partial charge in [0.1, 0.15) is 0 Å². The van der Waals surface area contributed by atoms with Gasteiger partial charge in [-0.15, -0.1) is 0 Å². The Morgan fingerprint density at radius 2 is 0.778 bits per heavy atom. The first-order chi connectivity index (χ1) is 12.5. The highest BCUT2D eigenvalue weighted by Crippen LogP contribution is 2.28. The molecule has 3 rings (SSSR count). The van der Waals surface area contributed by atoms with E-state index in [9.17, 15) is 0 Å². The Bertz CT molecular complexity index is 846. The van der Waals surface area contributed by atoms with Crippen molar-refractivity contribution < 1.29 is 0 Å². The highest BCUT2D eigenvalue weighted by molar-refractivity contribution is 6.89. The molecule has 0 unspecified atom stereocenters. The van der Waals surface area contributed by atoms with E-state index < -0.39 is 16.1 Å². The zero-order valence-corrected chi connectivity index (χ0v) is 19.9. The molecule has 0 nitrogen and oxygen atoms in total. The zero-order valence-electron chi connectivity index (χ0n) is 17.9. The van der Waals surface area contributed by atoms with Crippen molar-refractivity contribution in [1.82, 2.24) is 0 Å². The molecule has 140 valence electrons. The highest BCUT2D eigenvalue weighted by Gasteiger charge is 2.17. The van der Waals surface area contributed by atoms with Crippen molar-refractivity contribution in [2.75, 3.05) is 0 Å². The molecule has 27 heavy (non-hydrogen) atoms. The molecule has 0 bridgehead atoms. The smallest absolute Gasteiger partial charge is 0.0656 e. The number of hydrogen-bond acceptors (Lipinski definition) is 0. The van der Waals surface area contributed by atoms with Crippen LogP contribution in [0, 0.1) is 6.92 Å². The SMILES string of the molecule is Cc1cc(-c2ccc([Si](C)(C)C)cc2)cc(-c2ccc([Si](C)(C)C)cc2)c1. The zero-order chi connectivity index (χ0) is 19.8. The van der Waals surface area contributed by atoms with E-state index in [2.05, 4.69) is 113 Å². The maximum atomic E-state index is 2.40. The van der Waals surface area contributed by atoms with Gasteiger partial charge in [-0.05, 0) is 40.8 Å². The van der Waals surface area contributed by atoms with E-state index in [1.807, 2.05) is 0 Å². The van der Waals surface area contributed by atoms with Crippen LogP contribution >= 0.6 is 0 Å². The Balaban J connectivity index is 1.97. The van der Waals surface area contributed by atoms with Crippen LogP contribution in [0.15, 0.2) is 66.7 Å². The van der Waals surface area contributed by atoms with Crippen molar-refractivity contribution >= 4 is 26.5 Å². The molecule has 0 aromatic heterocycles. The van der Waals surface area contributed by atoms with Gasteiger partial charge in [-0.1, -0.05) is 110 Å². The first kappa shape index (κ1) is 19.8. The summed E-state index contributed by atoms with van der Waals surface area (Å²) in [5, 5.41) is 3.03. The summed E-state index contributed by atoms with van der Waals surface area (Å²) in [7, 11) is -2.50. The van der Waals surface area contributed by atoms with Gasteiger partial charge in [-0.25, -0.2) is 0 Å². The largest absolute Gasteiger partial charge is 0.0775 e. The Kier molecular flexibility index (Phi) is 5.33. The lowest BCUT2D eigenvalue weighted by Crippen LogP contribution is -2.37. The normalized spacial score (nSPS) is 12.3. The summed E-state index contributed by atoms with van der Waals surface area (Å²) in [4.78, 5) is 0. The van der Waals surface area contributed by atoms with Crippen LogP contribution in [0.4, 0.5) is 0 Å². The summed E-state index contributed by atoms with van der Waals surface area (Å²) >= 11 is 0. The Labute approximate surface area is 167 Å². The fourth-order valence-electron chi connectivity index (χ4n) is 3.44. The third kappa shape index (κ3) is 4.69. The van der Waals surface area contributed by atoms with Crippen molar-refractivity contribution in [2.24, 2.45) is 0 Å². The molecular formula is C25H32Si2. The fraction of sp³-hybridized carbons (Fsp3) is 0.280. The van der Waals surface area contributed by atoms with Gasteiger partial charge in [0, 0.05) is 0 Å². The van der Waals surface area contributed by atoms with E-state index in [4.69, 9.17) is 0 Å². The quantitative estimate of drug-likeness (QED) is 0.452. The molecule has 0 aliphatic rings. The van der Waals surface area contributed by atoms with Crippen LogP contribution in [0.5, 0.6) is 0 Å². The van der Waals surface area contributed by atoms with Crippen molar-refractivity contribution in [3.63, 3.8) is 0 Å². The predicted molar refractivity (Wildman–Crippen MR) is 128 cm³/mol. The summed E-state index contributed by atoms with van der Waals surface area (Å²) in [5.74, 6) is 0. The minimum absolute atomic E-state index is 1.25. The number of benzene rings is 3. The molecule has 0 aliphatic heterocycles. The maximum absolute atomic E-state index is 2.40. The molecule has 0 aliphatic carbocycles. The summed E-state index contributed by atoms with van der Waals surface area (Å²) in [5.41, 5.74) is 6.54. The predicted octanol–water partition coefficient (Wildman–Crippen LogP) is 6.42. The molecule has 0 heterocycles. The van der Waals surface area contributed by atoms with Crippen LogP contribution in [0.1, 0.15) is 5.56 Å². The lowest BCUT2D eigenvalue weighted by molar-refractivity contribution is 1.46. The Morgan fingerprint density at radius 1 is 0.444 bits per heavy atom. The van der Waals surface area contributed by atoms with Gasteiger partial charge in [0.05, 0.1) is 16.1 Å². The van der Waals surface area contributed by atoms with Crippen LogP contribution in [0.3, 0.4) is 0 Å². The molecule has 0 radical (unpaired) electrons. The molecule has 0 N–H and O–H groups in total. The van der Waals surface area contributed by atoms with Gasteiger partial charge in [0.15, 0.2) is 0 Å². The Hall–Kier alpha value is -1.91. The van der Waals surface area contributed by atoms with Crippen LogP contribution < -0.4 is 10.4 Å². The fourth-order valence-corrected chi connectivity index (χ4v) is 5.78. The first-order valence-electron chi connectivity index (χ1n) is 9.87. The summed E-state index contributed by atoms with van der Waals surface area (Å²) in [6, 6.07) is 25.4. The molecule has 3 aromatic rings. The van der Waals surface area contributed by atoms with E-state index in [0.717, 1.165) is 0 Å². The summed E-state index contributed by atoms with van der Waals surface area (Å²) in [6.07, 6.45) is 0. The van der Waals surface area contributed by atoms with Crippen LogP contribution in [0.25, 0.3) is 22.3 Å². The van der Waals surface area contributed by atoms with Crippen LogP contribution in [-0.4, -0.2) is 16.1 Å². The van der Waals surface area contributed by atoms with Gasteiger partial charge in [-0.3, -0.25) is 0 Å². The summed E-state index contributed by atoms with van der Waals surface area (Å²) < 4.78 is 0. The molecule has 0 fully saturated rings. The van der Waals surface area contributed by atoms with E-state index in [0.29, 0.717) is 0 Å². The van der Waals surface area contributed by atoms with E-state index >= 15 is 0 Å². The molecular weight excluding hydrogens is 356 g/mol. The number of hydrogen-bond donors (Lipinski definition) is 0. The first-order valence-corrected chi connectivity index (χ1v) is 16.9. The number of rotatable bonds is 4. The maximum Gasteiger partial charge on any atom is 0.0775 e. The Morgan fingerprint density at radius 3 is 1.07 bits per heavy atom. The van der Waals surface area contributed by atoms with E-state index in [-0.39, 0.29) is 0 Å². The van der Waals surface area contributed by atoms with Crippen molar-refractivity contribution in [1.29, 1.82) is 0 Å². The lowest BCUT2D eigenvalue weighted by atomic mass is 9.96. The average molecular weight is 389 g/mol. The second-order valence-corrected chi connectivity index (χ2v) is 19.9. The standard InChI is InChI=1S/C25H32Si2/c1-19-16-22(20-8-12-24(13-9-20)26(2,3)4)18-23(17-19)21-10-14-25(15-11-21)27(5,6)7/h8-18H,1-7H3. The van der Waals surface area contributed by atoms with Gasteiger partial charge >= 0.3 is 0 Å². The van der Waals surface area contributed by atoms with Crippen molar-refractivity contribution in [3.8, 4) is 22.3 Å². The van der Waals surface area contributed by atoms with Crippen molar-refractivity contribution in [2.45, 2.75) is 46.2 Å². The summed E-state index contributed by atoms with van der Waals surface area (Å²) in [6.45, 7) is 16.6. The van der Waals surface area contributed by atoms with Gasteiger partial charge in [0.2, 0.25) is 0 Å². The van der Waals surface area contributed by atoms with Gasteiger partial charge in [0.25, 0.3) is 0 Å². The molecule has 3 aromatic carbocycles. The molecule has 0 saturated heterocycles. The molecule has 0 spiro atoms. The van der Waals surface area contributed by atoms with Crippen LogP contribution in [-0.2, 0) is 0 Å². The molecule has 0 amide bonds. The second-order valence-electron chi connectivity index (χ2n) is 9.74. The highest BCUT2D eigenvalue weighted by atomic mass is 28.3. The monoisotopic (exact) mass is 388 g/mol.